The number of aliphatic hydroxyl groups excluding tert-OH is 1. The molecule has 0 saturated heterocycles. The SMILES string of the molecule is CC(C)(C)c1cc2ccnc3c2c(n1)C(C)(C)c1cc2ccccc2[c-]c1-3.CCC(CC)C(=O)/C=C(\O)C(CC)CC.[Ir]. The molecule has 1 aliphatic rings. The molecule has 0 saturated carbocycles. The minimum atomic E-state index is -0.203. The van der Waals surface area contributed by atoms with Crippen LogP contribution in [0.1, 0.15) is 105 Å². The zero-order chi connectivity index (χ0) is 30.8. The van der Waals surface area contributed by atoms with E-state index in [0.717, 1.165) is 53.7 Å². The van der Waals surface area contributed by atoms with Gasteiger partial charge in [-0.05, 0) is 48.6 Å². The number of allylic oxidation sites excluding steroid dienone is 2. The summed E-state index contributed by atoms with van der Waals surface area (Å²) in [5, 5.41) is 14.5. The largest absolute Gasteiger partial charge is 0.512 e. The van der Waals surface area contributed by atoms with Gasteiger partial charge >= 0.3 is 0 Å². The summed E-state index contributed by atoms with van der Waals surface area (Å²) in [5.74, 6) is 0.547. The summed E-state index contributed by atoms with van der Waals surface area (Å²) in [6.07, 6.45) is 6.82. The average Bonchev–Trinajstić information content (AvgIpc) is 2.96. The van der Waals surface area contributed by atoms with Crippen molar-refractivity contribution in [1.29, 1.82) is 0 Å². The van der Waals surface area contributed by atoms with E-state index >= 15 is 0 Å². The second-order valence-corrected chi connectivity index (χ2v) is 13.1. The van der Waals surface area contributed by atoms with Crippen molar-refractivity contribution in [2.45, 2.75) is 98.8 Å². The summed E-state index contributed by atoms with van der Waals surface area (Å²) < 4.78 is 0. The maximum absolute atomic E-state index is 11.7. The number of pyridine rings is 2. The third-order valence-electron chi connectivity index (χ3n) is 8.89. The molecule has 1 radical (unpaired) electrons. The Morgan fingerprint density at radius 2 is 1.58 bits per heavy atom. The molecule has 5 rings (SSSR count). The third-order valence-corrected chi connectivity index (χ3v) is 8.89. The zero-order valence-corrected chi connectivity index (χ0v) is 29.7. The zero-order valence-electron chi connectivity index (χ0n) is 27.3. The van der Waals surface area contributed by atoms with Gasteiger partial charge in [-0.2, -0.15) is 0 Å². The van der Waals surface area contributed by atoms with Gasteiger partial charge in [0.1, 0.15) is 0 Å². The van der Waals surface area contributed by atoms with Crippen LogP contribution in [0, 0.1) is 17.9 Å². The molecule has 43 heavy (non-hydrogen) atoms. The Hall–Kier alpha value is -2.88. The van der Waals surface area contributed by atoms with E-state index in [1.807, 2.05) is 33.9 Å². The van der Waals surface area contributed by atoms with Gasteiger partial charge in [0.2, 0.25) is 0 Å². The maximum Gasteiger partial charge on any atom is 0.162 e. The number of fused-ring (bicyclic) bond motifs is 3. The van der Waals surface area contributed by atoms with Gasteiger partial charge in [-0.1, -0.05) is 97.0 Å². The van der Waals surface area contributed by atoms with Crippen molar-refractivity contribution in [2.75, 3.05) is 0 Å². The molecule has 2 aromatic heterocycles. The van der Waals surface area contributed by atoms with Crippen LogP contribution in [0.5, 0.6) is 0 Å². The number of carbonyl (C=O) groups is 1. The fraction of sp³-hybridized carbons (Fsp3) is 0.447. The molecule has 1 N–H and O–H groups in total. The van der Waals surface area contributed by atoms with Gasteiger partial charge < -0.3 is 5.11 Å². The predicted molar refractivity (Wildman–Crippen MR) is 176 cm³/mol. The second-order valence-electron chi connectivity index (χ2n) is 13.1. The van der Waals surface area contributed by atoms with Gasteiger partial charge in [0.25, 0.3) is 0 Å². The number of hydrogen-bond acceptors (Lipinski definition) is 4. The van der Waals surface area contributed by atoms with Gasteiger partial charge in [0.15, 0.2) is 5.78 Å². The first-order valence-electron chi connectivity index (χ1n) is 15.6. The molecule has 0 aliphatic heterocycles. The smallest absolute Gasteiger partial charge is 0.162 e. The van der Waals surface area contributed by atoms with E-state index in [0.29, 0.717) is 0 Å². The normalized spacial score (nSPS) is 13.9. The molecule has 2 heterocycles. The molecule has 1 aliphatic carbocycles. The van der Waals surface area contributed by atoms with Crippen LogP contribution in [0.15, 0.2) is 60.5 Å². The van der Waals surface area contributed by atoms with Gasteiger partial charge in [0, 0.05) is 72.1 Å². The van der Waals surface area contributed by atoms with Crippen molar-refractivity contribution >= 4 is 27.3 Å². The van der Waals surface area contributed by atoms with E-state index in [4.69, 9.17) is 9.97 Å². The van der Waals surface area contributed by atoms with Crippen molar-refractivity contribution in [2.24, 2.45) is 11.8 Å². The van der Waals surface area contributed by atoms with Crippen molar-refractivity contribution in [3.63, 3.8) is 0 Å². The number of nitrogens with zero attached hydrogens (tertiary/aromatic N) is 2. The van der Waals surface area contributed by atoms with Crippen LogP contribution < -0.4 is 0 Å². The van der Waals surface area contributed by atoms with Gasteiger partial charge in [-0.3, -0.25) is 14.8 Å². The average molecular weight is 756 g/mol. The predicted octanol–water partition coefficient (Wildman–Crippen LogP) is 10.1. The number of ketones is 1. The Labute approximate surface area is 271 Å². The summed E-state index contributed by atoms with van der Waals surface area (Å²) in [7, 11) is 0. The number of hydrogen-bond donors (Lipinski definition) is 1. The fourth-order valence-corrected chi connectivity index (χ4v) is 5.98. The molecule has 0 fully saturated rings. The molecule has 4 nitrogen and oxygen atoms in total. The van der Waals surface area contributed by atoms with Crippen LogP contribution in [0.25, 0.3) is 32.8 Å². The van der Waals surface area contributed by atoms with Crippen LogP contribution in [0.2, 0.25) is 0 Å². The fourth-order valence-electron chi connectivity index (χ4n) is 5.98. The van der Waals surface area contributed by atoms with Gasteiger partial charge in [-0.15, -0.1) is 23.6 Å². The number of benzene rings is 2. The van der Waals surface area contributed by atoms with Gasteiger partial charge in [-0.25, -0.2) is 0 Å². The molecule has 231 valence electrons. The quantitative estimate of drug-likeness (QED) is 0.116. The Bertz CT molecular complexity index is 1620. The third kappa shape index (κ3) is 6.94. The van der Waals surface area contributed by atoms with Crippen molar-refractivity contribution in [1.82, 2.24) is 9.97 Å². The van der Waals surface area contributed by atoms with Crippen molar-refractivity contribution in [3.05, 3.63) is 83.5 Å². The minimum absolute atomic E-state index is 0. The standard InChI is InChI=1S/C25H23N2.C13H24O2.Ir/c1-24(2,3)20-14-17-10-11-26-22-18-12-15-8-6-7-9-16(15)13-19(18)25(4,5)23(27-20)21(17)22;1-5-10(6-2)12(14)9-13(15)11(7-3)8-4;/h6-11,13-14H,1-5H3;9-11,14H,5-8H2,1-4H3;/q-1;;/b;12-9-;. The monoisotopic (exact) mass is 756 g/mol. The molecule has 0 bridgehead atoms. The molecule has 4 aromatic rings. The van der Waals surface area contributed by atoms with E-state index in [1.54, 1.807) is 0 Å². The molecule has 0 atom stereocenters. The minimum Gasteiger partial charge on any atom is -0.512 e. The summed E-state index contributed by atoms with van der Waals surface area (Å²) in [6.45, 7) is 19.3. The summed E-state index contributed by atoms with van der Waals surface area (Å²) in [6, 6.07) is 18.7. The van der Waals surface area contributed by atoms with Gasteiger partial charge in [0.05, 0.1) is 5.76 Å². The molecule has 0 spiro atoms. The van der Waals surface area contributed by atoms with E-state index in [2.05, 4.69) is 83.1 Å². The molecule has 0 amide bonds. The van der Waals surface area contributed by atoms with E-state index < -0.39 is 0 Å². The van der Waals surface area contributed by atoms with Crippen LogP contribution in [-0.2, 0) is 35.7 Å². The van der Waals surface area contributed by atoms with Crippen LogP contribution in [-0.4, -0.2) is 20.9 Å². The van der Waals surface area contributed by atoms with E-state index in [-0.39, 0.29) is 54.3 Å². The Kier molecular flexibility index (Phi) is 11.1. The van der Waals surface area contributed by atoms with Crippen molar-refractivity contribution < 1.29 is 30.0 Å². The van der Waals surface area contributed by atoms with Crippen LogP contribution in [0.3, 0.4) is 0 Å². The molecule has 0 unspecified atom stereocenters. The van der Waals surface area contributed by atoms with E-state index in [1.165, 1.54) is 27.8 Å². The maximum atomic E-state index is 11.7. The van der Waals surface area contributed by atoms with Crippen LogP contribution in [0.4, 0.5) is 0 Å². The molecular formula is C38H47IrN2O2-. The van der Waals surface area contributed by atoms with E-state index in [9.17, 15) is 9.90 Å². The Morgan fingerprint density at radius 1 is 0.953 bits per heavy atom. The Balaban J connectivity index is 0.000000274. The van der Waals surface area contributed by atoms with Crippen molar-refractivity contribution in [3.8, 4) is 11.3 Å². The first-order valence-corrected chi connectivity index (χ1v) is 15.6. The summed E-state index contributed by atoms with van der Waals surface area (Å²) >= 11 is 0. The summed E-state index contributed by atoms with van der Waals surface area (Å²) in [5.41, 5.74) is 5.43. The number of aromatic nitrogens is 2. The number of aliphatic hydroxyl groups is 1. The first-order chi connectivity index (χ1) is 19.9. The Morgan fingerprint density at radius 3 is 2.19 bits per heavy atom. The number of rotatable bonds is 7. The molecular weight excluding hydrogens is 709 g/mol. The topological polar surface area (TPSA) is 63.1 Å². The first kappa shape index (κ1) is 34.6. The number of carbonyl (C=O) groups excluding carboxylic acids is 1. The second kappa shape index (κ2) is 13.8. The summed E-state index contributed by atoms with van der Waals surface area (Å²) in [4.78, 5) is 21.7. The molecule has 2 aromatic carbocycles. The molecule has 5 heteroatoms. The van der Waals surface area contributed by atoms with Crippen LogP contribution >= 0.6 is 0 Å².